The molecule has 0 saturated heterocycles. The molecule has 136 valence electrons. The van der Waals surface area contributed by atoms with Crippen molar-refractivity contribution in [2.24, 2.45) is 4.99 Å². The lowest BCUT2D eigenvalue weighted by molar-refractivity contribution is -0.137. The van der Waals surface area contributed by atoms with Crippen molar-refractivity contribution in [2.45, 2.75) is 25.9 Å². The van der Waals surface area contributed by atoms with E-state index < -0.39 is 11.7 Å². The van der Waals surface area contributed by atoms with Gasteiger partial charge in [0.05, 0.1) is 10.6 Å². The van der Waals surface area contributed by atoms with Crippen LogP contribution in [0.1, 0.15) is 21.0 Å². The first kappa shape index (κ1) is 19.2. The molecule has 2 aromatic rings. The summed E-state index contributed by atoms with van der Waals surface area (Å²) in [5.41, 5.74) is 0.216. The fourth-order valence-corrected chi connectivity index (χ4v) is 3.00. The molecule has 0 aliphatic carbocycles. The predicted octanol–water partition coefficient (Wildman–Crippen LogP) is 3.42. The second kappa shape index (κ2) is 8.84. The number of rotatable bonds is 6. The number of benzene rings is 1. The van der Waals surface area contributed by atoms with E-state index in [-0.39, 0.29) is 0 Å². The Bertz CT molecular complexity index is 693. The minimum Gasteiger partial charge on any atom is -0.356 e. The van der Waals surface area contributed by atoms with E-state index in [1.165, 1.54) is 17.0 Å². The van der Waals surface area contributed by atoms with Gasteiger partial charge in [-0.3, -0.25) is 4.99 Å². The summed E-state index contributed by atoms with van der Waals surface area (Å²) in [5, 5.41) is 7.43. The third kappa shape index (κ3) is 6.38. The normalized spacial score (nSPS) is 12.3. The van der Waals surface area contributed by atoms with Crippen molar-refractivity contribution < 1.29 is 13.2 Å². The van der Waals surface area contributed by atoms with Gasteiger partial charge in [0.2, 0.25) is 0 Å². The molecule has 0 bridgehead atoms. The lowest BCUT2D eigenvalue weighted by atomic mass is 10.1. The smallest absolute Gasteiger partial charge is 0.356 e. The number of nitrogens with zero attached hydrogens (tertiary/aromatic N) is 2. The number of thiazole rings is 1. The number of aromatic nitrogens is 1. The third-order valence-corrected chi connectivity index (χ3v) is 4.48. The number of alkyl halides is 3. The second-order valence-corrected chi connectivity index (χ2v) is 6.80. The quantitative estimate of drug-likeness (QED) is 0.605. The summed E-state index contributed by atoms with van der Waals surface area (Å²) in [5.74, 6) is 0.667. The molecule has 0 unspecified atom stereocenters. The van der Waals surface area contributed by atoms with E-state index in [1.54, 1.807) is 18.4 Å². The fourth-order valence-electron chi connectivity index (χ4n) is 2.21. The first-order chi connectivity index (χ1) is 11.9. The van der Waals surface area contributed by atoms with Gasteiger partial charge in [0.15, 0.2) is 5.96 Å². The summed E-state index contributed by atoms with van der Waals surface area (Å²) >= 11 is 1.67. The van der Waals surface area contributed by atoms with E-state index in [1.807, 2.05) is 13.1 Å². The van der Waals surface area contributed by atoms with Gasteiger partial charge in [0, 0.05) is 37.6 Å². The largest absolute Gasteiger partial charge is 0.416 e. The van der Waals surface area contributed by atoms with Crippen LogP contribution in [-0.2, 0) is 19.0 Å². The molecule has 0 saturated carbocycles. The van der Waals surface area contributed by atoms with Crippen LogP contribution in [0.25, 0.3) is 0 Å². The molecule has 0 radical (unpaired) electrons. The summed E-state index contributed by atoms with van der Waals surface area (Å²) in [7, 11) is 1.68. The Labute approximate surface area is 149 Å². The molecule has 2 N–H and O–H groups in total. The van der Waals surface area contributed by atoms with Gasteiger partial charge >= 0.3 is 6.18 Å². The molecule has 25 heavy (non-hydrogen) atoms. The number of guanidine groups is 1. The Morgan fingerprint density at radius 3 is 2.28 bits per heavy atom. The van der Waals surface area contributed by atoms with Crippen LogP contribution < -0.4 is 10.6 Å². The monoisotopic (exact) mass is 370 g/mol. The molecular formula is C17H21F3N4S. The Morgan fingerprint density at radius 1 is 1.12 bits per heavy atom. The first-order valence-corrected chi connectivity index (χ1v) is 8.72. The average molecular weight is 370 g/mol. The molecule has 1 heterocycles. The van der Waals surface area contributed by atoms with Gasteiger partial charge in [-0.2, -0.15) is 13.2 Å². The minimum absolute atomic E-state index is 0.585. The van der Waals surface area contributed by atoms with Gasteiger partial charge in [0.25, 0.3) is 0 Å². The van der Waals surface area contributed by atoms with Crippen molar-refractivity contribution in [1.29, 1.82) is 0 Å². The Kier molecular flexibility index (Phi) is 6.81. The molecule has 1 aromatic carbocycles. The number of hydrogen-bond donors (Lipinski definition) is 2. The van der Waals surface area contributed by atoms with Crippen LogP contribution in [0.2, 0.25) is 0 Å². The second-order valence-electron chi connectivity index (χ2n) is 5.49. The van der Waals surface area contributed by atoms with E-state index in [0.717, 1.165) is 29.1 Å². The zero-order valence-electron chi connectivity index (χ0n) is 14.2. The van der Waals surface area contributed by atoms with E-state index >= 15 is 0 Å². The number of aliphatic imine (C=N–C) groups is 1. The van der Waals surface area contributed by atoms with Crippen molar-refractivity contribution in [3.63, 3.8) is 0 Å². The summed E-state index contributed by atoms with van der Waals surface area (Å²) in [6.45, 7) is 3.32. The number of aryl methyl sites for hydroxylation is 1. The number of nitrogens with one attached hydrogen (secondary N) is 2. The van der Waals surface area contributed by atoms with Gasteiger partial charge in [-0.05, 0) is 31.0 Å². The summed E-state index contributed by atoms with van der Waals surface area (Å²) in [6.07, 6.45) is -1.00. The molecule has 2 rings (SSSR count). The molecule has 8 heteroatoms. The van der Waals surface area contributed by atoms with Gasteiger partial charge in [-0.15, -0.1) is 11.3 Å². The van der Waals surface area contributed by atoms with Crippen LogP contribution in [0.3, 0.4) is 0 Å². The molecule has 0 aliphatic rings. The maximum atomic E-state index is 12.5. The summed E-state index contributed by atoms with van der Waals surface area (Å²) in [4.78, 5) is 9.62. The topological polar surface area (TPSA) is 49.3 Å². The zero-order valence-corrected chi connectivity index (χ0v) is 15.0. The van der Waals surface area contributed by atoms with Crippen molar-refractivity contribution in [1.82, 2.24) is 15.6 Å². The highest BCUT2D eigenvalue weighted by Gasteiger charge is 2.29. The van der Waals surface area contributed by atoms with E-state index in [0.29, 0.717) is 25.5 Å². The number of hydrogen-bond acceptors (Lipinski definition) is 3. The molecule has 0 atom stereocenters. The van der Waals surface area contributed by atoms with Gasteiger partial charge in [-0.25, -0.2) is 4.98 Å². The lowest BCUT2D eigenvalue weighted by Gasteiger charge is -2.12. The predicted molar refractivity (Wildman–Crippen MR) is 95.1 cm³/mol. The summed E-state index contributed by atoms with van der Waals surface area (Å²) in [6, 6.07) is 5.23. The van der Waals surface area contributed by atoms with Crippen LogP contribution in [0.4, 0.5) is 13.2 Å². The molecule has 0 spiro atoms. The lowest BCUT2D eigenvalue weighted by Crippen LogP contribution is -2.39. The Balaban J connectivity index is 1.71. The maximum Gasteiger partial charge on any atom is 0.416 e. The Morgan fingerprint density at radius 2 is 1.76 bits per heavy atom. The van der Waals surface area contributed by atoms with Crippen molar-refractivity contribution in [3.05, 3.63) is 51.5 Å². The van der Waals surface area contributed by atoms with Crippen molar-refractivity contribution in [2.75, 3.05) is 20.1 Å². The fraction of sp³-hybridized carbons (Fsp3) is 0.412. The van der Waals surface area contributed by atoms with Crippen LogP contribution in [0, 0.1) is 6.92 Å². The molecule has 1 aromatic heterocycles. The average Bonchev–Trinajstić information content (AvgIpc) is 2.98. The van der Waals surface area contributed by atoms with E-state index in [9.17, 15) is 13.2 Å². The van der Waals surface area contributed by atoms with Crippen LogP contribution in [-0.4, -0.2) is 31.1 Å². The van der Waals surface area contributed by atoms with Crippen LogP contribution >= 0.6 is 11.3 Å². The van der Waals surface area contributed by atoms with Gasteiger partial charge < -0.3 is 10.6 Å². The third-order valence-electron chi connectivity index (χ3n) is 3.51. The zero-order chi connectivity index (χ0) is 18.3. The maximum absolute atomic E-state index is 12.5. The standard InChI is InChI=1S/C17H21F3N4S/c1-12-11-24-15(25-12)8-10-23-16(21-2)22-9-7-13-3-5-14(6-4-13)17(18,19)20/h3-6,11H,7-10H2,1-2H3,(H2,21,22,23). The van der Waals surface area contributed by atoms with Crippen LogP contribution in [0.15, 0.2) is 35.5 Å². The highest BCUT2D eigenvalue weighted by Crippen LogP contribution is 2.29. The number of halogens is 3. The highest BCUT2D eigenvalue weighted by molar-refractivity contribution is 7.11. The molecule has 0 fully saturated rings. The van der Waals surface area contributed by atoms with Crippen molar-refractivity contribution >= 4 is 17.3 Å². The highest BCUT2D eigenvalue weighted by atomic mass is 32.1. The Hall–Kier alpha value is -2.09. The van der Waals surface area contributed by atoms with E-state index in [2.05, 4.69) is 20.6 Å². The van der Waals surface area contributed by atoms with Crippen LogP contribution in [0.5, 0.6) is 0 Å². The van der Waals surface area contributed by atoms with E-state index in [4.69, 9.17) is 0 Å². The van der Waals surface area contributed by atoms with Crippen molar-refractivity contribution in [3.8, 4) is 0 Å². The minimum atomic E-state index is -4.29. The molecule has 4 nitrogen and oxygen atoms in total. The first-order valence-electron chi connectivity index (χ1n) is 7.90. The van der Waals surface area contributed by atoms with Gasteiger partial charge in [-0.1, -0.05) is 12.1 Å². The SMILES string of the molecule is CN=C(NCCc1ccc(C(F)(F)F)cc1)NCCc1ncc(C)s1. The van der Waals surface area contributed by atoms with Gasteiger partial charge in [0.1, 0.15) is 0 Å². The molecule has 0 amide bonds. The molecule has 0 aliphatic heterocycles. The summed E-state index contributed by atoms with van der Waals surface area (Å²) < 4.78 is 37.6. The molecular weight excluding hydrogens is 349 g/mol.